The Morgan fingerprint density at radius 1 is 1.21 bits per heavy atom. The van der Waals surface area contributed by atoms with E-state index in [9.17, 15) is 13.2 Å². The number of fused-ring (bicyclic) bond motifs is 3. The van der Waals surface area contributed by atoms with Crippen LogP contribution in [0.3, 0.4) is 0 Å². The first-order valence-corrected chi connectivity index (χ1v) is 12.2. The standard InChI is InChI=1S/C20H28N4O3S/c1-13-3-2-6-23(9-13)20-21-8-15-12-28(26,27)17-11-24(10-16(17)19(15)22-20)18(25)7-14-4-5-14/h8,13-14,16-17H,2-7,9-12H2,1H3/t13-,16+,17-/m1/s1. The summed E-state index contributed by atoms with van der Waals surface area (Å²) in [6.45, 7) is 4.92. The Labute approximate surface area is 166 Å². The maximum atomic E-state index is 12.9. The minimum Gasteiger partial charge on any atom is -0.341 e. The molecule has 7 nitrogen and oxygen atoms in total. The molecular formula is C20H28N4O3S. The van der Waals surface area contributed by atoms with Gasteiger partial charge in [-0.05, 0) is 37.5 Å². The Morgan fingerprint density at radius 3 is 2.79 bits per heavy atom. The number of aromatic nitrogens is 2. The quantitative estimate of drug-likeness (QED) is 0.763. The summed E-state index contributed by atoms with van der Waals surface area (Å²) in [5.41, 5.74) is 1.57. The van der Waals surface area contributed by atoms with Crippen LogP contribution in [-0.4, -0.2) is 60.6 Å². The second-order valence-electron chi connectivity index (χ2n) is 9.17. The topological polar surface area (TPSA) is 83.5 Å². The number of carbonyl (C=O) groups is 1. The van der Waals surface area contributed by atoms with E-state index in [2.05, 4.69) is 16.8 Å². The lowest BCUT2D eigenvalue weighted by molar-refractivity contribution is -0.130. The second-order valence-corrected chi connectivity index (χ2v) is 11.4. The molecule has 8 heteroatoms. The van der Waals surface area contributed by atoms with Crippen LogP contribution in [0.1, 0.15) is 56.2 Å². The number of hydrogen-bond acceptors (Lipinski definition) is 6. The molecule has 28 heavy (non-hydrogen) atoms. The number of rotatable bonds is 3. The van der Waals surface area contributed by atoms with Crippen LogP contribution in [0.2, 0.25) is 0 Å². The zero-order chi connectivity index (χ0) is 19.5. The molecule has 2 saturated heterocycles. The van der Waals surface area contributed by atoms with Gasteiger partial charge in [-0.3, -0.25) is 4.79 Å². The molecule has 0 aromatic carbocycles. The lowest BCUT2D eigenvalue weighted by Crippen LogP contribution is -2.38. The molecule has 4 heterocycles. The van der Waals surface area contributed by atoms with E-state index in [1.807, 2.05) is 0 Å². The largest absolute Gasteiger partial charge is 0.341 e. The molecule has 0 spiro atoms. The Kier molecular flexibility index (Phi) is 4.37. The third-order valence-electron chi connectivity index (χ3n) is 6.77. The molecule has 0 N–H and O–H groups in total. The fraction of sp³-hybridized carbons (Fsp3) is 0.750. The van der Waals surface area contributed by atoms with Crippen molar-refractivity contribution in [2.24, 2.45) is 11.8 Å². The third-order valence-corrected chi connectivity index (χ3v) is 8.89. The highest BCUT2D eigenvalue weighted by molar-refractivity contribution is 7.91. The molecule has 4 aliphatic rings. The number of sulfone groups is 1. The van der Waals surface area contributed by atoms with Crippen molar-refractivity contribution in [3.63, 3.8) is 0 Å². The van der Waals surface area contributed by atoms with E-state index in [1.165, 1.54) is 6.42 Å². The third kappa shape index (κ3) is 3.29. The maximum Gasteiger partial charge on any atom is 0.225 e. The van der Waals surface area contributed by atoms with Crippen LogP contribution in [0.4, 0.5) is 5.95 Å². The van der Waals surface area contributed by atoms with Crippen molar-refractivity contribution >= 4 is 21.7 Å². The summed E-state index contributed by atoms with van der Waals surface area (Å²) < 4.78 is 25.7. The summed E-state index contributed by atoms with van der Waals surface area (Å²) in [6, 6.07) is 0. The van der Waals surface area contributed by atoms with Crippen LogP contribution in [0.5, 0.6) is 0 Å². The average Bonchev–Trinajstić information content (AvgIpc) is 3.34. The molecule has 1 amide bonds. The highest BCUT2D eigenvalue weighted by atomic mass is 32.2. The van der Waals surface area contributed by atoms with E-state index in [4.69, 9.17) is 4.98 Å². The van der Waals surface area contributed by atoms with Gasteiger partial charge < -0.3 is 9.80 Å². The summed E-state index contributed by atoms with van der Waals surface area (Å²) in [7, 11) is -3.29. The number of likely N-dealkylation sites (tertiary alicyclic amines) is 1. The first kappa shape index (κ1) is 18.3. The van der Waals surface area contributed by atoms with Crippen LogP contribution in [-0.2, 0) is 20.4 Å². The number of carbonyl (C=O) groups excluding carboxylic acids is 1. The molecule has 1 aliphatic carbocycles. The van der Waals surface area contributed by atoms with E-state index in [0.29, 0.717) is 42.9 Å². The van der Waals surface area contributed by atoms with Gasteiger partial charge in [-0.15, -0.1) is 0 Å². The van der Waals surface area contributed by atoms with Crippen molar-refractivity contribution in [3.8, 4) is 0 Å². The smallest absolute Gasteiger partial charge is 0.225 e. The van der Waals surface area contributed by atoms with Crippen molar-refractivity contribution in [1.82, 2.24) is 14.9 Å². The highest BCUT2D eigenvalue weighted by Crippen LogP contribution is 2.41. The lowest BCUT2D eigenvalue weighted by Gasteiger charge is -2.32. The number of amides is 1. The van der Waals surface area contributed by atoms with Gasteiger partial charge in [-0.1, -0.05) is 6.92 Å². The van der Waals surface area contributed by atoms with Gasteiger partial charge in [-0.2, -0.15) is 0 Å². The van der Waals surface area contributed by atoms with Gasteiger partial charge in [0, 0.05) is 50.3 Å². The summed E-state index contributed by atoms with van der Waals surface area (Å²) in [4.78, 5) is 26.0. The number of anilines is 1. The van der Waals surface area contributed by atoms with Gasteiger partial charge in [0.15, 0.2) is 9.84 Å². The van der Waals surface area contributed by atoms with Crippen LogP contribution in [0, 0.1) is 11.8 Å². The van der Waals surface area contributed by atoms with Crippen molar-refractivity contribution in [3.05, 3.63) is 17.5 Å². The van der Waals surface area contributed by atoms with E-state index >= 15 is 0 Å². The van der Waals surface area contributed by atoms with Crippen molar-refractivity contribution in [2.75, 3.05) is 31.1 Å². The van der Waals surface area contributed by atoms with E-state index in [-0.39, 0.29) is 17.6 Å². The Balaban J connectivity index is 1.44. The van der Waals surface area contributed by atoms with Crippen LogP contribution in [0.15, 0.2) is 6.20 Å². The molecule has 5 rings (SSSR count). The highest BCUT2D eigenvalue weighted by Gasteiger charge is 2.49. The number of hydrogen-bond donors (Lipinski definition) is 0. The minimum absolute atomic E-state index is 0.00909. The van der Waals surface area contributed by atoms with Crippen molar-refractivity contribution < 1.29 is 13.2 Å². The number of nitrogens with zero attached hydrogens (tertiary/aromatic N) is 4. The molecule has 152 valence electrons. The minimum atomic E-state index is -3.29. The number of piperidine rings is 1. The van der Waals surface area contributed by atoms with Crippen LogP contribution >= 0.6 is 0 Å². The van der Waals surface area contributed by atoms with Crippen LogP contribution in [0.25, 0.3) is 0 Å². The first-order valence-electron chi connectivity index (χ1n) is 10.5. The zero-order valence-corrected chi connectivity index (χ0v) is 17.2. The van der Waals surface area contributed by atoms with Gasteiger partial charge in [0.2, 0.25) is 11.9 Å². The second kappa shape index (κ2) is 6.68. The van der Waals surface area contributed by atoms with Gasteiger partial charge in [0.25, 0.3) is 0 Å². The predicted molar refractivity (Wildman–Crippen MR) is 106 cm³/mol. The van der Waals surface area contributed by atoms with Crippen LogP contribution < -0.4 is 4.90 Å². The molecule has 3 fully saturated rings. The molecule has 0 bridgehead atoms. The fourth-order valence-corrected chi connectivity index (χ4v) is 6.98. The molecule has 1 aromatic rings. The molecule has 3 aliphatic heterocycles. The van der Waals surface area contributed by atoms with Crippen molar-refractivity contribution in [2.45, 2.75) is 55.9 Å². The lowest BCUT2D eigenvalue weighted by atomic mass is 9.99. The summed E-state index contributed by atoms with van der Waals surface area (Å²) in [6.07, 6.45) is 6.87. The molecule has 1 aromatic heterocycles. The normalized spacial score (nSPS) is 31.4. The summed E-state index contributed by atoms with van der Waals surface area (Å²) in [5.74, 6) is 1.71. The molecular weight excluding hydrogens is 376 g/mol. The Hall–Kier alpha value is -1.70. The van der Waals surface area contributed by atoms with Gasteiger partial charge in [0.1, 0.15) is 0 Å². The molecule has 3 atom stereocenters. The summed E-state index contributed by atoms with van der Waals surface area (Å²) >= 11 is 0. The average molecular weight is 405 g/mol. The van der Waals surface area contributed by atoms with E-state index < -0.39 is 15.1 Å². The zero-order valence-electron chi connectivity index (χ0n) is 16.4. The van der Waals surface area contributed by atoms with Gasteiger partial charge >= 0.3 is 0 Å². The monoisotopic (exact) mass is 404 g/mol. The van der Waals surface area contributed by atoms with Gasteiger partial charge in [0.05, 0.1) is 16.7 Å². The Morgan fingerprint density at radius 2 is 2.04 bits per heavy atom. The van der Waals surface area contributed by atoms with Crippen molar-refractivity contribution in [1.29, 1.82) is 0 Å². The molecule has 0 radical (unpaired) electrons. The first-order chi connectivity index (χ1) is 13.4. The molecule has 0 unspecified atom stereocenters. The Bertz CT molecular complexity index is 899. The summed E-state index contributed by atoms with van der Waals surface area (Å²) in [5, 5.41) is -0.522. The van der Waals surface area contributed by atoms with E-state index in [1.54, 1.807) is 11.1 Å². The predicted octanol–water partition coefficient (Wildman–Crippen LogP) is 1.74. The van der Waals surface area contributed by atoms with Gasteiger partial charge in [-0.25, -0.2) is 18.4 Å². The molecule has 1 saturated carbocycles. The fourth-order valence-electron chi connectivity index (χ4n) is 4.99. The maximum absolute atomic E-state index is 12.9. The SMILES string of the molecule is C[C@@H]1CCCN(c2ncc3c(n2)[C@H]2CN(C(=O)CC4CC4)C[C@H]2S(=O)(=O)C3)C1. The van der Waals surface area contributed by atoms with E-state index in [0.717, 1.165) is 38.0 Å².